The fourth-order valence-corrected chi connectivity index (χ4v) is 2.64. The van der Waals surface area contributed by atoms with Crippen LogP contribution in [0.1, 0.15) is 29.4 Å². The Kier molecular flexibility index (Phi) is 3.21. The maximum absolute atomic E-state index is 10.1. The summed E-state index contributed by atoms with van der Waals surface area (Å²) in [6, 6.07) is 2.07. The molecule has 0 amide bonds. The quantitative estimate of drug-likeness (QED) is 0.816. The van der Waals surface area contributed by atoms with Gasteiger partial charge in [0, 0.05) is 17.4 Å². The molecular weight excluding hydrogens is 196 g/mol. The molecule has 2 unspecified atom stereocenters. The molecular formula is C11H16O2S. The molecule has 2 atom stereocenters. The molecule has 0 aromatic carbocycles. The molecule has 78 valence electrons. The van der Waals surface area contributed by atoms with Crippen molar-refractivity contribution in [2.45, 2.75) is 25.9 Å². The first-order valence-electron chi connectivity index (χ1n) is 5.08. The van der Waals surface area contributed by atoms with Crippen LogP contribution in [0.4, 0.5) is 0 Å². The zero-order chi connectivity index (χ0) is 9.97. The number of hydrogen-bond donors (Lipinski definition) is 1. The minimum atomic E-state index is -0.333. The third-order valence-corrected chi connectivity index (χ3v) is 3.61. The van der Waals surface area contributed by atoms with Gasteiger partial charge in [-0.05, 0) is 36.8 Å². The van der Waals surface area contributed by atoms with Gasteiger partial charge in [-0.3, -0.25) is 0 Å². The highest BCUT2D eigenvalue weighted by Gasteiger charge is 2.24. The SMILES string of the molecule is Cc1cc(C(O)C2CCCOC2)cs1. The highest BCUT2D eigenvalue weighted by Crippen LogP contribution is 2.30. The van der Waals surface area contributed by atoms with Gasteiger partial charge in [0.2, 0.25) is 0 Å². The molecule has 1 aromatic rings. The summed E-state index contributed by atoms with van der Waals surface area (Å²) in [6.45, 7) is 3.63. The summed E-state index contributed by atoms with van der Waals surface area (Å²) >= 11 is 1.70. The van der Waals surface area contributed by atoms with Gasteiger partial charge >= 0.3 is 0 Å². The van der Waals surface area contributed by atoms with Crippen LogP contribution in [-0.4, -0.2) is 18.3 Å². The second kappa shape index (κ2) is 4.43. The zero-order valence-electron chi connectivity index (χ0n) is 8.40. The van der Waals surface area contributed by atoms with Gasteiger partial charge in [-0.1, -0.05) is 0 Å². The molecule has 2 nitrogen and oxygen atoms in total. The van der Waals surface area contributed by atoms with Gasteiger partial charge in [-0.25, -0.2) is 0 Å². The van der Waals surface area contributed by atoms with E-state index in [0.29, 0.717) is 6.61 Å². The summed E-state index contributed by atoms with van der Waals surface area (Å²) < 4.78 is 5.37. The molecule has 1 aliphatic heterocycles. The summed E-state index contributed by atoms with van der Waals surface area (Å²) in [6.07, 6.45) is 1.82. The van der Waals surface area contributed by atoms with Crippen LogP contribution in [0, 0.1) is 12.8 Å². The highest BCUT2D eigenvalue weighted by molar-refractivity contribution is 7.10. The molecule has 2 heterocycles. The molecule has 0 radical (unpaired) electrons. The summed E-state index contributed by atoms with van der Waals surface area (Å²) in [5.74, 6) is 0.290. The summed E-state index contributed by atoms with van der Waals surface area (Å²) in [5, 5.41) is 12.1. The van der Waals surface area contributed by atoms with Gasteiger partial charge in [0.25, 0.3) is 0 Å². The fourth-order valence-electron chi connectivity index (χ4n) is 1.91. The number of rotatable bonds is 2. The van der Waals surface area contributed by atoms with Crippen molar-refractivity contribution in [2.24, 2.45) is 5.92 Å². The molecule has 1 fully saturated rings. The first-order valence-corrected chi connectivity index (χ1v) is 5.96. The third kappa shape index (κ3) is 2.16. The van der Waals surface area contributed by atoms with Crippen LogP contribution in [0.5, 0.6) is 0 Å². The number of aliphatic hydroxyl groups excluding tert-OH is 1. The predicted octanol–water partition coefficient (Wildman–Crippen LogP) is 2.52. The molecule has 0 aliphatic carbocycles. The highest BCUT2D eigenvalue weighted by atomic mass is 32.1. The summed E-state index contributed by atoms with van der Waals surface area (Å²) in [4.78, 5) is 1.26. The van der Waals surface area contributed by atoms with Crippen molar-refractivity contribution < 1.29 is 9.84 Å². The number of aliphatic hydroxyl groups is 1. The van der Waals surface area contributed by atoms with Gasteiger partial charge in [0.1, 0.15) is 0 Å². The van der Waals surface area contributed by atoms with E-state index in [1.165, 1.54) is 4.88 Å². The monoisotopic (exact) mass is 212 g/mol. The Morgan fingerprint density at radius 1 is 1.64 bits per heavy atom. The minimum absolute atomic E-state index is 0.290. The fraction of sp³-hybridized carbons (Fsp3) is 0.636. The van der Waals surface area contributed by atoms with Crippen molar-refractivity contribution in [3.63, 3.8) is 0 Å². The van der Waals surface area contributed by atoms with Gasteiger partial charge in [0.05, 0.1) is 12.7 Å². The van der Waals surface area contributed by atoms with Crippen molar-refractivity contribution in [3.8, 4) is 0 Å². The van der Waals surface area contributed by atoms with Gasteiger partial charge in [0.15, 0.2) is 0 Å². The van der Waals surface area contributed by atoms with Gasteiger partial charge in [-0.15, -0.1) is 11.3 Å². The summed E-state index contributed by atoms with van der Waals surface area (Å²) in [5.41, 5.74) is 1.06. The van der Waals surface area contributed by atoms with Crippen LogP contribution in [0.25, 0.3) is 0 Å². The third-order valence-electron chi connectivity index (χ3n) is 2.73. The molecule has 0 saturated carbocycles. The molecule has 14 heavy (non-hydrogen) atoms. The van der Waals surface area contributed by atoms with E-state index in [9.17, 15) is 5.11 Å². The Morgan fingerprint density at radius 2 is 2.50 bits per heavy atom. The largest absolute Gasteiger partial charge is 0.388 e. The normalized spacial score (nSPS) is 24.9. The lowest BCUT2D eigenvalue weighted by atomic mass is 9.92. The topological polar surface area (TPSA) is 29.5 Å². The van der Waals surface area contributed by atoms with Crippen LogP contribution >= 0.6 is 11.3 Å². The number of ether oxygens (including phenoxy) is 1. The first-order chi connectivity index (χ1) is 6.77. The van der Waals surface area contributed by atoms with E-state index in [-0.39, 0.29) is 12.0 Å². The standard InChI is InChI=1S/C11H16O2S/c1-8-5-10(7-14-8)11(12)9-3-2-4-13-6-9/h5,7,9,11-12H,2-4,6H2,1H3. The zero-order valence-corrected chi connectivity index (χ0v) is 9.22. The van der Waals surface area contributed by atoms with Crippen LogP contribution in [-0.2, 0) is 4.74 Å². The molecule has 1 aliphatic rings. The second-order valence-corrected chi connectivity index (χ2v) is 5.03. The smallest absolute Gasteiger partial charge is 0.0848 e. The molecule has 3 heteroatoms. The van der Waals surface area contributed by atoms with Crippen LogP contribution in [0.3, 0.4) is 0 Å². The van der Waals surface area contributed by atoms with E-state index in [0.717, 1.165) is 25.0 Å². The van der Waals surface area contributed by atoms with E-state index in [4.69, 9.17) is 4.74 Å². The average Bonchev–Trinajstić information content (AvgIpc) is 2.65. The Morgan fingerprint density at radius 3 is 3.07 bits per heavy atom. The lowest BCUT2D eigenvalue weighted by Crippen LogP contribution is -2.23. The Balaban J connectivity index is 2.03. The van der Waals surface area contributed by atoms with Crippen molar-refractivity contribution in [1.29, 1.82) is 0 Å². The molecule has 2 rings (SSSR count). The lowest BCUT2D eigenvalue weighted by molar-refractivity contribution is -0.00982. The lowest BCUT2D eigenvalue weighted by Gasteiger charge is -2.26. The molecule has 0 spiro atoms. The second-order valence-electron chi connectivity index (χ2n) is 3.91. The van der Waals surface area contributed by atoms with E-state index >= 15 is 0 Å². The van der Waals surface area contributed by atoms with E-state index in [1.54, 1.807) is 11.3 Å². The Labute approximate surface area is 88.5 Å². The minimum Gasteiger partial charge on any atom is -0.388 e. The molecule has 1 aromatic heterocycles. The van der Waals surface area contributed by atoms with Crippen LogP contribution < -0.4 is 0 Å². The maximum Gasteiger partial charge on any atom is 0.0848 e. The maximum atomic E-state index is 10.1. The van der Waals surface area contributed by atoms with Crippen LogP contribution in [0.15, 0.2) is 11.4 Å². The van der Waals surface area contributed by atoms with E-state index < -0.39 is 0 Å². The first kappa shape index (κ1) is 10.1. The van der Waals surface area contributed by atoms with Crippen molar-refractivity contribution in [1.82, 2.24) is 0 Å². The Hall–Kier alpha value is -0.380. The number of thiophene rings is 1. The number of hydrogen-bond acceptors (Lipinski definition) is 3. The molecule has 0 bridgehead atoms. The Bertz CT molecular complexity index is 289. The van der Waals surface area contributed by atoms with Gasteiger partial charge in [-0.2, -0.15) is 0 Å². The predicted molar refractivity (Wildman–Crippen MR) is 57.6 cm³/mol. The van der Waals surface area contributed by atoms with Gasteiger partial charge < -0.3 is 9.84 Å². The molecule has 1 saturated heterocycles. The molecule has 1 N–H and O–H groups in total. The van der Waals surface area contributed by atoms with Crippen LogP contribution in [0.2, 0.25) is 0 Å². The average molecular weight is 212 g/mol. The summed E-state index contributed by atoms with van der Waals surface area (Å²) in [7, 11) is 0. The van der Waals surface area contributed by atoms with Crippen molar-refractivity contribution in [2.75, 3.05) is 13.2 Å². The van der Waals surface area contributed by atoms with E-state index in [1.807, 2.05) is 0 Å². The number of aryl methyl sites for hydroxylation is 1. The van der Waals surface area contributed by atoms with Crippen molar-refractivity contribution in [3.05, 3.63) is 21.9 Å². The van der Waals surface area contributed by atoms with E-state index in [2.05, 4.69) is 18.4 Å². The van der Waals surface area contributed by atoms with Crippen molar-refractivity contribution >= 4 is 11.3 Å².